The third kappa shape index (κ3) is 7.54. The molecule has 1 N–H and O–H groups in total. The second-order valence-electron chi connectivity index (χ2n) is 7.69. The minimum Gasteiger partial charge on any atom is -0.352 e. The van der Waals surface area contributed by atoms with Crippen LogP contribution < -0.4 is 5.32 Å². The van der Waals surface area contributed by atoms with E-state index in [9.17, 15) is 14.0 Å². The fourth-order valence-electron chi connectivity index (χ4n) is 2.93. The maximum absolute atomic E-state index is 14.0. The highest BCUT2D eigenvalue weighted by atomic mass is 35.5. The van der Waals surface area contributed by atoms with Gasteiger partial charge in [0.05, 0.1) is 5.75 Å². The van der Waals surface area contributed by atoms with E-state index < -0.39 is 6.04 Å². The molecule has 2 amide bonds. The average molecular weight is 465 g/mol. The third-order valence-corrected chi connectivity index (χ3v) is 6.47. The molecule has 0 aliphatic carbocycles. The molecular formula is C24H30ClFN2O2S. The van der Waals surface area contributed by atoms with Crippen molar-refractivity contribution in [1.29, 1.82) is 0 Å². The number of thioether (sulfide) groups is 1. The van der Waals surface area contributed by atoms with Crippen molar-refractivity contribution >= 4 is 35.2 Å². The lowest BCUT2D eigenvalue weighted by Crippen LogP contribution is -2.50. The first-order valence-electron chi connectivity index (χ1n) is 10.4. The summed E-state index contributed by atoms with van der Waals surface area (Å²) in [5, 5.41) is 3.29. The number of nitrogens with one attached hydrogen (secondary N) is 1. The number of carbonyl (C=O) groups is 2. The number of rotatable bonds is 10. The van der Waals surface area contributed by atoms with E-state index in [2.05, 4.69) is 5.32 Å². The smallest absolute Gasteiger partial charge is 0.242 e. The standard InChI is InChI=1S/C24H30ClFN2O2S/c1-5-17(3)27-24(30)18(4)28(13-19-11-9-16(2)10-12-19)23(29)15-31-14-20-21(25)7-6-8-22(20)26/h6-12,17-18H,5,13-15H2,1-4H3,(H,27,30). The quantitative estimate of drug-likeness (QED) is 0.515. The van der Waals surface area contributed by atoms with E-state index in [4.69, 9.17) is 11.6 Å². The molecule has 0 aromatic heterocycles. The highest BCUT2D eigenvalue weighted by Gasteiger charge is 2.26. The zero-order valence-electron chi connectivity index (χ0n) is 18.5. The first kappa shape index (κ1) is 25.2. The normalized spacial score (nSPS) is 12.8. The predicted molar refractivity (Wildman–Crippen MR) is 127 cm³/mol. The molecular weight excluding hydrogens is 435 g/mol. The van der Waals surface area contributed by atoms with Gasteiger partial charge in [-0.05, 0) is 44.9 Å². The van der Waals surface area contributed by atoms with Gasteiger partial charge in [0.25, 0.3) is 0 Å². The molecule has 0 fully saturated rings. The van der Waals surface area contributed by atoms with Gasteiger partial charge < -0.3 is 10.2 Å². The van der Waals surface area contributed by atoms with Crippen molar-refractivity contribution in [2.45, 2.75) is 58.5 Å². The zero-order chi connectivity index (χ0) is 23.0. The van der Waals surface area contributed by atoms with E-state index in [0.29, 0.717) is 17.1 Å². The van der Waals surface area contributed by atoms with Crippen LogP contribution in [0.15, 0.2) is 42.5 Å². The molecule has 0 heterocycles. The molecule has 2 unspecified atom stereocenters. The van der Waals surface area contributed by atoms with Gasteiger partial charge in [-0.2, -0.15) is 0 Å². The summed E-state index contributed by atoms with van der Waals surface area (Å²) < 4.78 is 14.0. The van der Waals surface area contributed by atoms with Crippen molar-refractivity contribution in [2.24, 2.45) is 0 Å². The molecule has 0 saturated heterocycles. The number of carbonyl (C=O) groups excluding carboxylic acids is 2. The number of halogens is 2. The van der Waals surface area contributed by atoms with Gasteiger partial charge >= 0.3 is 0 Å². The van der Waals surface area contributed by atoms with Crippen LogP contribution in [0.3, 0.4) is 0 Å². The minimum absolute atomic E-state index is 0.0313. The molecule has 31 heavy (non-hydrogen) atoms. The van der Waals surface area contributed by atoms with Gasteiger partial charge in [-0.1, -0.05) is 54.4 Å². The summed E-state index contributed by atoms with van der Waals surface area (Å²) in [5.41, 5.74) is 2.46. The monoisotopic (exact) mass is 464 g/mol. The lowest BCUT2D eigenvalue weighted by atomic mass is 10.1. The molecule has 7 heteroatoms. The highest BCUT2D eigenvalue weighted by molar-refractivity contribution is 7.99. The highest BCUT2D eigenvalue weighted by Crippen LogP contribution is 2.24. The van der Waals surface area contributed by atoms with Gasteiger partial charge in [-0.25, -0.2) is 4.39 Å². The zero-order valence-corrected chi connectivity index (χ0v) is 20.0. The van der Waals surface area contributed by atoms with Crippen LogP contribution >= 0.6 is 23.4 Å². The van der Waals surface area contributed by atoms with Crippen molar-refractivity contribution in [3.63, 3.8) is 0 Å². The van der Waals surface area contributed by atoms with Crippen LogP contribution in [-0.4, -0.2) is 34.6 Å². The summed E-state index contributed by atoms with van der Waals surface area (Å²) in [6.45, 7) is 8.00. The first-order chi connectivity index (χ1) is 14.7. The Morgan fingerprint density at radius 3 is 2.45 bits per heavy atom. The van der Waals surface area contributed by atoms with Crippen LogP contribution in [0.1, 0.15) is 43.9 Å². The second-order valence-corrected chi connectivity index (χ2v) is 9.09. The van der Waals surface area contributed by atoms with E-state index in [1.807, 2.05) is 45.0 Å². The Morgan fingerprint density at radius 2 is 1.84 bits per heavy atom. The Hall–Kier alpha value is -2.05. The van der Waals surface area contributed by atoms with Gasteiger partial charge in [0.2, 0.25) is 11.8 Å². The summed E-state index contributed by atoms with van der Waals surface area (Å²) >= 11 is 7.36. The number of hydrogen-bond donors (Lipinski definition) is 1. The number of amides is 2. The van der Waals surface area contributed by atoms with Crippen LogP contribution in [-0.2, 0) is 21.9 Å². The Kier molecular flexibility index (Phi) is 9.85. The van der Waals surface area contributed by atoms with E-state index in [1.165, 1.54) is 17.8 Å². The molecule has 2 aromatic carbocycles. The van der Waals surface area contributed by atoms with Crippen LogP contribution in [0.2, 0.25) is 5.02 Å². The second kappa shape index (κ2) is 12.1. The molecule has 168 valence electrons. The van der Waals surface area contributed by atoms with Crippen LogP contribution in [0.5, 0.6) is 0 Å². The van der Waals surface area contributed by atoms with Crippen molar-refractivity contribution in [3.8, 4) is 0 Å². The molecule has 0 aliphatic heterocycles. The van der Waals surface area contributed by atoms with Gasteiger partial charge in [0.1, 0.15) is 11.9 Å². The number of nitrogens with zero attached hydrogens (tertiary/aromatic N) is 1. The van der Waals surface area contributed by atoms with Gasteiger partial charge in [0.15, 0.2) is 0 Å². The Labute approximate surface area is 193 Å². The lowest BCUT2D eigenvalue weighted by Gasteiger charge is -2.29. The maximum atomic E-state index is 14.0. The van der Waals surface area contributed by atoms with Gasteiger partial charge in [-0.3, -0.25) is 9.59 Å². The van der Waals surface area contributed by atoms with E-state index in [0.717, 1.165) is 17.5 Å². The lowest BCUT2D eigenvalue weighted by molar-refractivity contribution is -0.138. The Balaban J connectivity index is 2.11. The third-order valence-electron chi connectivity index (χ3n) is 5.18. The number of aryl methyl sites for hydroxylation is 1. The first-order valence-corrected chi connectivity index (χ1v) is 11.9. The van der Waals surface area contributed by atoms with Crippen LogP contribution in [0.4, 0.5) is 4.39 Å². The summed E-state index contributed by atoms with van der Waals surface area (Å²) in [6.07, 6.45) is 0.809. The van der Waals surface area contributed by atoms with Crippen molar-refractivity contribution in [1.82, 2.24) is 10.2 Å². The van der Waals surface area contributed by atoms with Crippen LogP contribution in [0, 0.1) is 12.7 Å². The topological polar surface area (TPSA) is 49.4 Å². The average Bonchev–Trinajstić information content (AvgIpc) is 2.74. The number of benzene rings is 2. The Bertz CT molecular complexity index is 871. The SMILES string of the molecule is CCC(C)NC(=O)C(C)N(Cc1ccc(C)cc1)C(=O)CSCc1c(F)cccc1Cl. The fourth-order valence-corrected chi connectivity index (χ4v) is 4.18. The fraction of sp³-hybridized carbons (Fsp3) is 0.417. The summed E-state index contributed by atoms with van der Waals surface area (Å²) in [6, 6.07) is 11.8. The van der Waals surface area contributed by atoms with Crippen molar-refractivity contribution in [2.75, 3.05) is 5.75 Å². The largest absolute Gasteiger partial charge is 0.352 e. The van der Waals surface area contributed by atoms with Gasteiger partial charge in [-0.15, -0.1) is 11.8 Å². The van der Waals surface area contributed by atoms with Crippen molar-refractivity contribution < 1.29 is 14.0 Å². The summed E-state index contributed by atoms with van der Waals surface area (Å²) in [4.78, 5) is 27.4. The van der Waals surface area contributed by atoms with Crippen LogP contribution in [0.25, 0.3) is 0 Å². The number of hydrogen-bond acceptors (Lipinski definition) is 3. The van der Waals surface area contributed by atoms with E-state index >= 15 is 0 Å². The molecule has 2 atom stereocenters. The summed E-state index contributed by atoms with van der Waals surface area (Å²) in [5.74, 6) is -0.340. The molecule has 0 radical (unpaired) electrons. The van der Waals surface area contributed by atoms with E-state index in [1.54, 1.807) is 24.0 Å². The molecule has 0 saturated carbocycles. The predicted octanol–water partition coefficient (Wildman–Crippen LogP) is 5.35. The maximum Gasteiger partial charge on any atom is 0.242 e. The van der Waals surface area contributed by atoms with Crippen molar-refractivity contribution in [3.05, 3.63) is 70.0 Å². The van der Waals surface area contributed by atoms with E-state index in [-0.39, 0.29) is 35.2 Å². The van der Waals surface area contributed by atoms with Gasteiger partial charge in [0, 0.05) is 28.9 Å². The molecule has 0 bridgehead atoms. The molecule has 4 nitrogen and oxygen atoms in total. The molecule has 2 rings (SSSR count). The summed E-state index contributed by atoms with van der Waals surface area (Å²) in [7, 11) is 0. The molecule has 0 spiro atoms. The molecule has 0 aliphatic rings. The minimum atomic E-state index is -0.625. The Morgan fingerprint density at radius 1 is 1.16 bits per heavy atom. The molecule has 2 aromatic rings.